The molecule has 6 nitrogen and oxygen atoms in total. The Kier molecular flexibility index (Phi) is 5.23. The van der Waals surface area contributed by atoms with Gasteiger partial charge in [0.05, 0.1) is 4.92 Å². The number of para-hydroxylation sites is 1. The Morgan fingerprint density at radius 2 is 1.83 bits per heavy atom. The van der Waals surface area contributed by atoms with Crippen LogP contribution in [0.3, 0.4) is 0 Å². The molecule has 2 aromatic rings. The first-order valence-corrected chi connectivity index (χ1v) is 7.39. The molecule has 0 unspecified atom stereocenters. The molecule has 2 rings (SSSR count). The van der Waals surface area contributed by atoms with Crippen LogP contribution in [-0.4, -0.2) is 23.3 Å². The highest BCUT2D eigenvalue weighted by Gasteiger charge is 2.24. The molecular formula is C16H12BrNO5. The van der Waals surface area contributed by atoms with Crippen LogP contribution in [-0.2, 0) is 4.74 Å². The van der Waals surface area contributed by atoms with Gasteiger partial charge >= 0.3 is 5.97 Å². The summed E-state index contributed by atoms with van der Waals surface area (Å²) in [5, 5.41) is 11.1. The quantitative estimate of drug-likeness (QED) is 0.343. The number of benzene rings is 2. The lowest BCUT2D eigenvalue weighted by atomic mass is 10.1. The van der Waals surface area contributed by atoms with Gasteiger partial charge in [-0.3, -0.25) is 14.9 Å². The predicted molar refractivity (Wildman–Crippen MR) is 86.6 cm³/mol. The Labute approximate surface area is 140 Å². The summed E-state index contributed by atoms with van der Waals surface area (Å²) in [6.45, 7) is 1.05. The monoisotopic (exact) mass is 377 g/mol. The molecule has 0 amide bonds. The molecule has 0 spiro atoms. The number of rotatable bonds is 5. The Hall–Kier alpha value is -2.54. The second-order valence-electron chi connectivity index (χ2n) is 4.73. The molecular weight excluding hydrogens is 366 g/mol. The number of hydrogen-bond acceptors (Lipinski definition) is 5. The van der Waals surface area contributed by atoms with Crippen LogP contribution in [0.1, 0.15) is 26.3 Å². The van der Waals surface area contributed by atoms with Gasteiger partial charge in [-0.05, 0) is 25.1 Å². The van der Waals surface area contributed by atoms with E-state index >= 15 is 0 Å². The molecule has 0 saturated heterocycles. The molecule has 0 saturated carbocycles. The average Bonchev–Trinajstić information content (AvgIpc) is 2.52. The van der Waals surface area contributed by atoms with Gasteiger partial charge in [0.15, 0.2) is 12.4 Å². The number of nitro benzene ring substituents is 1. The van der Waals surface area contributed by atoms with Crippen LogP contribution in [0, 0.1) is 17.0 Å². The highest BCUT2D eigenvalue weighted by Crippen LogP contribution is 2.23. The van der Waals surface area contributed by atoms with Gasteiger partial charge in [-0.2, -0.15) is 0 Å². The van der Waals surface area contributed by atoms with E-state index in [-0.39, 0.29) is 17.0 Å². The molecule has 0 aliphatic heterocycles. The topological polar surface area (TPSA) is 86.5 Å². The fourth-order valence-electron chi connectivity index (χ4n) is 1.99. The first-order chi connectivity index (χ1) is 10.9. The largest absolute Gasteiger partial charge is 0.454 e. The molecule has 0 radical (unpaired) electrons. The van der Waals surface area contributed by atoms with E-state index < -0.39 is 17.5 Å². The summed E-state index contributed by atoms with van der Waals surface area (Å²) < 4.78 is 5.74. The third-order valence-corrected chi connectivity index (χ3v) is 3.67. The summed E-state index contributed by atoms with van der Waals surface area (Å²) >= 11 is 3.26. The van der Waals surface area contributed by atoms with E-state index in [9.17, 15) is 19.7 Å². The molecule has 0 aliphatic carbocycles. The van der Waals surface area contributed by atoms with E-state index in [4.69, 9.17) is 4.74 Å². The fourth-order valence-corrected chi connectivity index (χ4v) is 2.26. The Morgan fingerprint density at radius 3 is 2.43 bits per heavy atom. The molecule has 0 aromatic heterocycles. The first kappa shape index (κ1) is 16.8. The minimum absolute atomic E-state index is 0.168. The van der Waals surface area contributed by atoms with Crippen molar-refractivity contribution >= 4 is 33.4 Å². The second kappa shape index (κ2) is 7.15. The van der Waals surface area contributed by atoms with Gasteiger partial charge in [0.25, 0.3) is 5.69 Å². The number of carbonyl (C=O) groups excluding carboxylic acids is 2. The molecule has 0 bridgehead atoms. The first-order valence-electron chi connectivity index (χ1n) is 6.60. The maximum atomic E-state index is 12.0. The van der Waals surface area contributed by atoms with Gasteiger partial charge in [0.2, 0.25) is 0 Å². The van der Waals surface area contributed by atoms with Crippen LogP contribution >= 0.6 is 15.9 Å². The number of ether oxygens (including phenoxy) is 1. The maximum Gasteiger partial charge on any atom is 0.345 e. The summed E-state index contributed by atoms with van der Waals surface area (Å²) in [5.41, 5.74) is 0.260. The molecule has 0 N–H and O–H groups in total. The van der Waals surface area contributed by atoms with Gasteiger partial charge in [-0.1, -0.05) is 40.2 Å². The minimum atomic E-state index is -0.897. The third kappa shape index (κ3) is 4.01. The van der Waals surface area contributed by atoms with Gasteiger partial charge in [-0.25, -0.2) is 4.79 Å². The van der Waals surface area contributed by atoms with E-state index in [1.54, 1.807) is 24.3 Å². The maximum absolute atomic E-state index is 12.0. The summed E-state index contributed by atoms with van der Waals surface area (Å²) in [6, 6.07) is 10.9. The molecule has 118 valence electrons. The molecule has 2 aromatic carbocycles. The zero-order chi connectivity index (χ0) is 17.0. The summed E-state index contributed by atoms with van der Waals surface area (Å²) in [6.07, 6.45) is 0. The number of nitro groups is 1. The lowest BCUT2D eigenvalue weighted by Crippen LogP contribution is -2.15. The average molecular weight is 378 g/mol. The SMILES string of the molecule is Cc1cccc(C(=O)OCC(=O)c2ccc(Br)cc2)c1[N+](=O)[O-]. The fraction of sp³-hybridized carbons (Fsp3) is 0.125. The standard InChI is InChI=1S/C16H12BrNO5/c1-10-3-2-4-13(15(10)18(21)22)16(20)23-9-14(19)11-5-7-12(17)8-6-11/h2-8H,9H2,1H3. The number of ketones is 1. The predicted octanol–water partition coefficient (Wildman–Crippen LogP) is 3.71. The van der Waals surface area contributed by atoms with Crippen molar-refractivity contribution in [2.75, 3.05) is 6.61 Å². The Morgan fingerprint density at radius 1 is 1.17 bits per heavy atom. The van der Waals surface area contributed by atoms with Crippen LogP contribution in [0.4, 0.5) is 5.69 Å². The molecule has 23 heavy (non-hydrogen) atoms. The van der Waals surface area contributed by atoms with E-state index in [0.29, 0.717) is 11.1 Å². The number of aryl methyl sites for hydroxylation is 1. The molecule has 0 fully saturated rings. The lowest BCUT2D eigenvalue weighted by Gasteiger charge is -2.06. The van der Waals surface area contributed by atoms with Gasteiger partial charge in [-0.15, -0.1) is 0 Å². The number of esters is 1. The van der Waals surface area contributed by atoms with Gasteiger partial charge in [0, 0.05) is 15.6 Å². The highest BCUT2D eigenvalue weighted by atomic mass is 79.9. The smallest absolute Gasteiger partial charge is 0.345 e. The molecule has 7 heteroatoms. The third-order valence-electron chi connectivity index (χ3n) is 3.14. The van der Waals surface area contributed by atoms with Crippen molar-refractivity contribution in [3.8, 4) is 0 Å². The van der Waals surface area contributed by atoms with E-state index in [1.807, 2.05) is 0 Å². The van der Waals surface area contributed by atoms with Crippen molar-refractivity contribution in [3.63, 3.8) is 0 Å². The second-order valence-corrected chi connectivity index (χ2v) is 5.65. The van der Waals surface area contributed by atoms with Crippen molar-refractivity contribution in [2.24, 2.45) is 0 Å². The van der Waals surface area contributed by atoms with Crippen LogP contribution in [0.2, 0.25) is 0 Å². The van der Waals surface area contributed by atoms with E-state index in [0.717, 1.165) is 4.47 Å². The van der Waals surface area contributed by atoms with E-state index in [2.05, 4.69) is 15.9 Å². The van der Waals surface area contributed by atoms with Crippen molar-refractivity contribution in [1.29, 1.82) is 0 Å². The van der Waals surface area contributed by atoms with Crippen molar-refractivity contribution < 1.29 is 19.2 Å². The summed E-state index contributed by atoms with van der Waals surface area (Å²) in [4.78, 5) is 34.4. The zero-order valence-corrected chi connectivity index (χ0v) is 13.7. The number of carbonyl (C=O) groups is 2. The summed E-state index contributed by atoms with van der Waals surface area (Å²) in [5.74, 6) is -1.29. The van der Waals surface area contributed by atoms with Crippen LogP contribution < -0.4 is 0 Å². The number of hydrogen-bond donors (Lipinski definition) is 0. The van der Waals surface area contributed by atoms with Crippen molar-refractivity contribution in [1.82, 2.24) is 0 Å². The number of nitrogens with zero attached hydrogens (tertiary/aromatic N) is 1. The number of halogens is 1. The molecule has 0 aliphatic rings. The number of Topliss-reactive ketones (excluding diaryl/α,β-unsaturated/α-hetero) is 1. The van der Waals surface area contributed by atoms with Gasteiger partial charge < -0.3 is 4.74 Å². The normalized spacial score (nSPS) is 10.2. The summed E-state index contributed by atoms with van der Waals surface area (Å²) in [7, 11) is 0. The zero-order valence-electron chi connectivity index (χ0n) is 12.1. The van der Waals surface area contributed by atoms with Crippen molar-refractivity contribution in [3.05, 3.63) is 73.7 Å². The van der Waals surface area contributed by atoms with Crippen LogP contribution in [0.25, 0.3) is 0 Å². The Balaban J connectivity index is 2.11. The molecule has 0 atom stereocenters. The van der Waals surface area contributed by atoms with Crippen molar-refractivity contribution in [2.45, 2.75) is 6.92 Å². The van der Waals surface area contributed by atoms with Gasteiger partial charge in [0.1, 0.15) is 5.56 Å². The lowest BCUT2D eigenvalue weighted by molar-refractivity contribution is -0.385. The van der Waals surface area contributed by atoms with E-state index in [1.165, 1.54) is 25.1 Å². The Bertz CT molecular complexity index is 771. The van der Waals surface area contributed by atoms with Crippen LogP contribution in [0.15, 0.2) is 46.9 Å². The highest BCUT2D eigenvalue weighted by molar-refractivity contribution is 9.10. The molecule has 0 heterocycles. The van der Waals surface area contributed by atoms with Crippen LogP contribution in [0.5, 0.6) is 0 Å². The minimum Gasteiger partial charge on any atom is -0.454 e.